The van der Waals surface area contributed by atoms with Crippen LogP contribution in [0.5, 0.6) is 0 Å². The number of hydrogen-bond acceptors (Lipinski definition) is 6. The van der Waals surface area contributed by atoms with Crippen LogP contribution in [-0.2, 0) is 11.3 Å². The topological polar surface area (TPSA) is 82.2 Å². The molecule has 1 aliphatic heterocycles. The van der Waals surface area contributed by atoms with Gasteiger partial charge < -0.3 is 10.1 Å². The van der Waals surface area contributed by atoms with E-state index < -0.39 is 12.7 Å². The Balaban J connectivity index is 1.24. The van der Waals surface area contributed by atoms with E-state index in [-0.39, 0.29) is 0 Å². The Hall–Kier alpha value is -3.21. The molecule has 6 rings (SSSR count). The van der Waals surface area contributed by atoms with Gasteiger partial charge in [0.2, 0.25) is 5.95 Å². The minimum atomic E-state index is -4.37. The van der Waals surface area contributed by atoms with Crippen molar-refractivity contribution in [3.05, 3.63) is 36.7 Å². The highest BCUT2D eigenvalue weighted by Crippen LogP contribution is 2.42. The second kappa shape index (κ2) is 7.41. The summed E-state index contributed by atoms with van der Waals surface area (Å²) in [7, 11) is 0. The van der Waals surface area contributed by atoms with E-state index >= 15 is 0 Å². The van der Waals surface area contributed by atoms with Gasteiger partial charge in [0.25, 0.3) is 0 Å². The number of nitrogens with zero attached hydrogens (tertiary/aromatic N) is 6. The maximum absolute atomic E-state index is 12.9. The third-order valence-corrected chi connectivity index (χ3v) is 6.77. The van der Waals surface area contributed by atoms with Crippen LogP contribution in [-0.4, -0.2) is 55.0 Å². The molecule has 4 heterocycles. The molecular formula is C22H22F3N7O. The molecule has 0 amide bonds. The summed E-state index contributed by atoms with van der Waals surface area (Å²) in [5.74, 6) is 0.568. The van der Waals surface area contributed by atoms with Crippen LogP contribution in [0.1, 0.15) is 25.7 Å². The first-order valence-electron chi connectivity index (χ1n) is 11.0. The molecule has 0 atom stereocenters. The minimum Gasteiger partial charge on any atom is -0.380 e. The van der Waals surface area contributed by atoms with Crippen LogP contribution in [0.25, 0.3) is 27.7 Å². The van der Waals surface area contributed by atoms with E-state index in [1.807, 2.05) is 18.3 Å². The van der Waals surface area contributed by atoms with Crippen LogP contribution >= 0.6 is 0 Å². The van der Waals surface area contributed by atoms with Gasteiger partial charge in [-0.25, -0.2) is 14.2 Å². The molecule has 172 valence electrons. The first-order chi connectivity index (χ1) is 15.9. The lowest BCUT2D eigenvalue weighted by atomic mass is 9.71. The molecule has 3 aromatic heterocycles. The van der Waals surface area contributed by atoms with E-state index in [2.05, 4.69) is 25.7 Å². The summed E-state index contributed by atoms with van der Waals surface area (Å²) < 4.78 is 46.6. The summed E-state index contributed by atoms with van der Waals surface area (Å²) in [5, 5.41) is 15.5. The average Bonchev–Trinajstić information content (AvgIpc) is 3.35. The number of nitrogens with one attached hydrogen (secondary N) is 1. The molecule has 33 heavy (non-hydrogen) atoms. The Labute approximate surface area is 186 Å². The van der Waals surface area contributed by atoms with Crippen molar-refractivity contribution in [3.63, 3.8) is 0 Å². The summed E-state index contributed by atoms with van der Waals surface area (Å²) >= 11 is 0. The highest BCUT2D eigenvalue weighted by atomic mass is 19.4. The molecule has 1 aliphatic carbocycles. The maximum atomic E-state index is 12.9. The summed E-state index contributed by atoms with van der Waals surface area (Å²) in [6.07, 6.45) is 3.65. The standard InChI is InChI=1S/C22H22F3N7O/c23-22(24,25)11-32-18-9-14(1-2-17(18)28-30-32)16-5-8-31-19(16)10-26-20(29-31)27-15-3-6-21(7-4-15)12-33-13-21/h1-2,5,8-10,15H,3-4,6-7,11-13H2,(H,27,29). The molecule has 0 radical (unpaired) electrons. The predicted octanol–water partition coefficient (Wildman–Crippen LogP) is 4.07. The largest absolute Gasteiger partial charge is 0.408 e. The number of anilines is 1. The van der Waals surface area contributed by atoms with Crippen LogP contribution in [0.2, 0.25) is 0 Å². The molecule has 11 heteroatoms. The van der Waals surface area contributed by atoms with Gasteiger partial charge in [-0.2, -0.15) is 13.2 Å². The molecule has 1 saturated carbocycles. The van der Waals surface area contributed by atoms with E-state index in [1.165, 1.54) is 0 Å². The Kier molecular flexibility index (Phi) is 4.58. The van der Waals surface area contributed by atoms with Crippen LogP contribution < -0.4 is 5.32 Å². The zero-order valence-corrected chi connectivity index (χ0v) is 17.7. The van der Waals surface area contributed by atoms with E-state index in [9.17, 15) is 13.2 Å². The van der Waals surface area contributed by atoms with Gasteiger partial charge in [0.05, 0.1) is 30.4 Å². The van der Waals surface area contributed by atoms with Gasteiger partial charge in [-0.3, -0.25) is 0 Å². The molecule has 8 nitrogen and oxygen atoms in total. The molecule has 1 saturated heterocycles. The normalized spacial score (nSPS) is 18.8. The van der Waals surface area contributed by atoms with Crippen molar-refractivity contribution in [2.75, 3.05) is 18.5 Å². The van der Waals surface area contributed by atoms with E-state index in [0.717, 1.165) is 60.2 Å². The van der Waals surface area contributed by atoms with Crippen LogP contribution in [0.15, 0.2) is 36.7 Å². The highest BCUT2D eigenvalue weighted by Gasteiger charge is 2.41. The zero-order valence-electron chi connectivity index (χ0n) is 17.7. The molecule has 2 aliphatic rings. The lowest BCUT2D eigenvalue weighted by Gasteiger charge is -2.46. The molecule has 0 unspecified atom stereocenters. The van der Waals surface area contributed by atoms with Gasteiger partial charge in [-0.05, 0) is 49.4 Å². The summed E-state index contributed by atoms with van der Waals surface area (Å²) in [5.41, 5.74) is 3.48. The van der Waals surface area contributed by atoms with Crippen molar-refractivity contribution < 1.29 is 17.9 Å². The first kappa shape index (κ1) is 20.4. The Morgan fingerprint density at radius 1 is 1.12 bits per heavy atom. The molecule has 1 N–H and O–H groups in total. The molecule has 2 fully saturated rings. The third-order valence-electron chi connectivity index (χ3n) is 6.77. The number of ether oxygens (including phenoxy) is 1. The number of halogens is 3. The van der Waals surface area contributed by atoms with Crippen LogP contribution in [0, 0.1) is 5.41 Å². The van der Waals surface area contributed by atoms with Gasteiger partial charge in [0, 0.05) is 23.2 Å². The molecular weight excluding hydrogens is 435 g/mol. The molecule has 1 aromatic carbocycles. The van der Waals surface area contributed by atoms with Gasteiger partial charge in [-0.1, -0.05) is 11.3 Å². The summed E-state index contributed by atoms with van der Waals surface area (Å²) in [6, 6.07) is 7.39. The molecule has 0 bridgehead atoms. The average molecular weight is 457 g/mol. The molecule has 1 spiro atoms. The Morgan fingerprint density at radius 3 is 2.67 bits per heavy atom. The number of aromatic nitrogens is 6. The smallest absolute Gasteiger partial charge is 0.380 e. The van der Waals surface area contributed by atoms with Gasteiger partial charge in [0.1, 0.15) is 12.1 Å². The predicted molar refractivity (Wildman–Crippen MR) is 115 cm³/mol. The van der Waals surface area contributed by atoms with Gasteiger partial charge in [-0.15, -0.1) is 10.2 Å². The van der Waals surface area contributed by atoms with Gasteiger partial charge >= 0.3 is 6.18 Å². The number of rotatable bonds is 4. The summed E-state index contributed by atoms with van der Waals surface area (Å²) in [6.45, 7) is 0.581. The maximum Gasteiger partial charge on any atom is 0.408 e. The Bertz CT molecular complexity index is 1310. The minimum absolute atomic E-state index is 0.329. The monoisotopic (exact) mass is 457 g/mol. The number of benzene rings is 1. The lowest BCUT2D eigenvalue weighted by Crippen LogP contribution is -2.47. The number of hydrogen-bond donors (Lipinski definition) is 1. The fourth-order valence-electron chi connectivity index (χ4n) is 4.87. The second-order valence-corrected chi connectivity index (χ2v) is 9.12. The van der Waals surface area contributed by atoms with Crippen molar-refractivity contribution in [2.24, 2.45) is 5.41 Å². The van der Waals surface area contributed by atoms with Crippen molar-refractivity contribution >= 4 is 22.5 Å². The quantitative estimate of drug-likeness (QED) is 0.498. The number of alkyl halides is 3. The molecule has 4 aromatic rings. The SMILES string of the molecule is FC(F)(F)Cn1nnc2ccc(-c3ccn4nc(NC5CCC6(CC5)COC6)ncc34)cc21. The van der Waals surface area contributed by atoms with Crippen molar-refractivity contribution in [1.82, 2.24) is 29.6 Å². The summed E-state index contributed by atoms with van der Waals surface area (Å²) in [4.78, 5) is 4.50. The van der Waals surface area contributed by atoms with E-state index in [1.54, 1.807) is 22.8 Å². The number of fused-ring (bicyclic) bond motifs is 2. The van der Waals surface area contributed by atoms with Crippen molar-refractivity contribution in [2.45, 2.75) is 44.4 Å². The van der Waals surface area contributed by atoms with Crippen molar-refractivity contribution in [1.29, 1.82) is 0 Å². The fraction of sp³-hybridized carbons (Fsp3) is 0.455. The second-order valence-electron chi connectivity index (χ2n) is 9.12. The lowest BCUT2D eigenvalue weighted by molar-refractivity contribution is -0.142. The highest BCUT2D eigenvalue weighted by molar-refractivity contribution is 5.87. The first-order valence-corrected chi connectivity index (χ1v) is 11.0. The van der Waals surface area contributed by atoms with Crippen LogP contribution in [0.3, 0.4) is 0 Å². The Morgan fingerprint density at radius 2 is 1.94 bits per heavy atom. The van der Waals surface area contributed by atoms with Crippen LogP contribution in [0.4, 0.5) is 19.1 Å². The third kappa shape index (κ3) is 3.79. The van der Waals surface area contributed by atoms with Gasteiger partial charge in [0.15, 0.2) is 0 Å². The van der Waals surface area contributed by atoms with E-state index in [0.29, 0.717) is 28.4 Å². The van der Waals surface area contributed by atoms with E-state index in [4.69, 9.17) is 4.74 Å². The fourth-order valence-corrected chi connectivity index (χ4v) is 4.87. The zero-order chi connectivity index (χ0) is 22.6. The van der Waals surface area contributed by atoms with Crippen molar-refractivity contribution in [3.8, 4) is 11.1 Å².